The predicted octanol–water partition coefficient (Wildman–Crippen LogP) is 1.55. The van der Waals surface area contributed by atoms with Gasteiger partial charge in [0, 0.05) is 26.9 Å². The predicted molar refractivity (Wildman–Crippen MR) is 57.4 cm³/mol. The Kier molecular flexibility index (Phi) is 4.81. The molecule has 4 heteroatoms. The highest BCUT2D eigenvalue weighted by Gasteiger charge is 2.03. The van der Waals surface area contributed by atoms with Gasteiger partial charge < -0.3 is 4.90 Å². The smallest absolute Gasteiger partial charge is 0.191 e. The zero-order valence-corrected chi connectivity index (χ0v) is 9.27. The summed E-state index contributed by atoms with van der Waals surface area (Å²) in [6.45, 7) is 4.07. The van der Waals surface area contributed by atoms with E-state index in [-0.39, 0.29) is 0 Å². The van der Waals surface area contributed by atoms with Crippen LogP contribution in [0.15, 0.2) is 5.10 Å². The van der Waals surface area contributed by atoms with E-state index in [1.54, 1.807) is 5.01 Å². The lowest BCUT2D eigenvalue weighted by molar-refractivity contribution is 0.459. The minimum Gasteiger partial charge on any atom is -0.354 e. The molecular formula is C8H17N3S. The molecule has 12 heavy (non-hydrogen) atoms. The summed E-state index contributed by atoms with van der Waals surface area (Å²) in [4.78, 5) is 1.86. The van der Waals surface area contributed by atoms with Gasteiger partial charge in [-0.25, -0.2) is 5.01 Å². The molecule has 0 atom stereocenters. The van der Waals surface area contributed by atoms with Gasteiger partial charge in [-0.3, -0.25) is 0 Å². The topological polar surface area (TPSA) is 18.8 Å². The van der Waals surface area contributed by atoms with Crippen molar-refractivity contribution in [2.24, 2.45) is 5.10 Å². The molecule has 0 aromatic carbocycles. The first kappa shape index (κ1) is 11.4. The monoisotopic (exact) mass is 187 g/mol. The third kappa shape index (κ3) is 3.67. The van der Waals surface area contributed by atoms with Gasteiger partial charge in [0.25, 0.3) is 0 Å². The van der Waals surface area contributed by atoms with Crippen LogP contribution < -0.4 is 0 Å². The van der Waals surface area contributed by atoms with Crippen LogP contribution in [0.25, 0.3) is 0 Å². The van der Waals surface area contributed by atoms with Crippen LogP contribution in [0.3, 0.4) is 0 Å². The summed E-state index contributed by atoms with van der Waals surface area (Å²) < 4.78 is 0. The van der Waals surface area contributed by atoms with Crippen molar-refractivity contribution in [2.75, 3.05) is 21.1 Å². The van der Waals surface area contributed by atoms with E-state index in [1.165, 1.54) is 0 Å². The minimum absolute atomic E-state index is 0.725. The van der Waals surface area contributed by atoms with Crippen molar-refractivity contribution < 1.29 is 0 Å². The molecule has 0 radical (unpaired) electrons. The molecule has 0 spiro atoms. The van der Waals surface area contributed by atoms with Crippen LogP contribution in [-0.2, 0) is 0 Å². The largest absolute Gasteiger partial charge is 0.354 e. The zero-order chi connectivity index (χ0) is 9.72. The lowest BCUT2D eigenvalue weighted by Crippen LogP contribution is -2.33. The van der Waals surface area contributed by atoms with Crippen molar-refractivity contribution in [1.29, 1.82) is 0 Å². The summed E-state index contributed by atoms with van der Waals surface area (Å²) in [6, 6.07) is 0. The fraction of sp³-hybridized carbons (Fsp3) is 0.750. The summed E-state index contributed by atoms with van der Waals surface area (Å²) in [5, 5.41) is 6.72. The Labute approximate surface area is 80.0 Å². The maximum absolute atomic E-state index is 5.11. The van der Waals surface area contributed by atoms with Crippen LogP contribution in [0, 0.1) is 0 Å². The van der Waals surface area contributed by atoms with Gasteiger partial charge in [0.05, 0.1) is 0 Å². The maximum Gasteiger partial charge on any atom is 0.191 e. The SMILES string of the molecule is CC/C(C)=N/N(C)C(=S)N(C)C. The Hall–Kier alpha value is -0.640. The van der Waals surface area contributed by atoms with Crippen molar-refractivity contribution in [1.82, 2.24) is 9.91 Å². The third-order valence-corrected chi connectivity index (χ3v) is 2.12. The normalized spacial score (nSPS) is 11.2. The molecule has 70 valence electrons. The van der Waals surface area contributed by atoms with E-state index in [4.69, 9.17) is 12.2 Å². The van der Waals surface area contributed by atoms with Gasteiger partial charge in [-0.2, -0.15) is 5.10 Å². The zero-order valence-electron chi connectivity index (χ0n) is 8.46. The third-order valence-electron chi connectivity index (χ3n) is 1.49. The Bertz CT molecular complexity index is 187. The highest BCUT2D eigenvalue weighted by atomic mass is 32.1. The maximum atomic E-state index is 5.11. The van der Waals surface area contributed by atoms with E-state index >= 15 is 0 Å². The van der Waals surface area contributed by atoms with Gasteiger partial charge in [0.1, 0.15) is 0 Å². The number of nitrogens with zero attached hydrogens (tertiary/aromatic N) is 3. The van der Waals surface area contributed by atoms with Crippen LogP contribution in [0.5, 0.6) is 0 Å². The van der Waals surface area contributed by atoms with E-state index in [0.29, 0.717) is 0 Å². The molecule has 0 aliphatic heterocycles. The number of thiocarbonyl (C=S) groups is 1. The Morgan fingerprint density at radius 2 is 1.83 bits per heavy atom. The molecular weight excluding hydrogens is 170 g/mol. The molecule has 0 amide bonds. The molecule has 3 nitrogen and oxygen atoms in total. The second-order valence-electron chi connectivity index (χ2n) is 2.89. The van der Waals surface area contributed by atoms with Crippen LogP contribution in [0.2, 0.25) is 0 Å². The van der Waals surface area contributed by atoms with Crippen molar-refractivity contribution in [3.8, 4) is 0 Å². The Morgan fingerprint density at radius 1 is 1.33 bits per heavy atom. The molecule has 0 bridgehead atoms. The summed E-state index contributed by atoms with van der Waals surface area (Å²) in [5.74, 6) is 0. The fourth-order valence-corrected chi connectivity index (χ4v) is 0.700. The first-order valence-electron chi connectivity index (χ1n) is 3.98. The van der Waals surface area contributed by atoms with E-state index in [2.05, 4.69) is 12.0 Å². The molecule has 0 heterocycles. The molecule has 0 unspecified atom stereocenters. The number of rotatable bonds is 2. The van der Waals surface area contributed by atoms with Crippen molar-refractivity contribution in [2.45, 2.75) is 20.3 Å². The first-order valence-corrected chi connectivity index (χ1v) is 4.39. The Morgan fingerprint density at radius 3 is 2.17 bits per heavy atom. The second-order valence-corrected chi connectivity index (χ2v) is 3.25. The van der Waals surface area contributed by atoms with Crippen LogP contribution in [0.1, 0.15) is 20.3 Å². The summed E-state index contributed by atoms with van der Waals surface area (Å²) in [5.41, 5.74) is 1.08. The Balaban J connectivity index is 4.21. The molecule has 0 N–H and O–H groups in total. The second kappa shape index (κ2) is 5.09. The highest BCUT2D eigenvalue weighted by Crippen LogP contribution is 1.95. The highest BCUT2D eigenvalue weighted by molar-refractivity contribution is 7.80. The minimum atomic E-state index is 0.725. The van der Waals surface area contributed by atoms with Crippen molar-refractivity contribution >= 4 is 23.0 Å². The van der Waals surface area contributed by atoms with Crippen molar-refractivity contribution in [3.05, 3.63) is 0 Å². The van der Waals surface area contributed by atoms with Crippen LogP contribution in [0.4, 0.5) is 0 Å². The molecule has 0 fully saturated rings. The van der Waals surface area contributed by atoms with Gasteiger partial charge in [-0.15, -0.1) is 0 Å². The first-order chi connectivity index (χ1) is 5.49. The molecule has 0 rings (SSSR count). The van der Waals surface area contributed by atoms with Gasteiger partial charge >= 0.3 is 0 Å². The summed E-state index contributed by atoms with van der Waals surface area (Å²) >= 11 is 5.11. The lowest BCUT2D eigenvalue weighted by Gasteiger charge is -2.21. The molecule has 0 aliphatic carbocycles. The van der Waals surface area contributed by atoms with Gasteiger partial charge in [0.15, 0.2) is 5.11 Å². The number of hydrogen-bond acceptors (Lipinski definition) is 2. The quantitative estimate of drug-likeness (QED) is 0.371. The van der Waals surface area contributed by atoms with Gasteiger partial charge in [-0.1, -0.05) is 6.92 Å². The number of hydrogen-bond donors (Lipinski definition) is 0. The number of hydrazone groups is 1. The molecule has 0 aromatic rings. The summed E-state index contributed by atoms with van der Waals surface area (Å²) in [6.07, 6.45) is 0.959. The van der Waals surface area contributed by atoms with E-state index < -0.39 is 0 Å². The van der Waals surface area contributed by atoms with Gasteiger partial charge in [-0.05, 0) is 25.6 Å². The van der Waals surface area contributed by atoms with Crippen LogP contribution >= 0.6 is 12.2 Å². The molecule has 0 saturated heterocycles. The average molecular weight is 187 g/mol. The van der Waals surface area contributed by atoms with Crippen molar-refractivity contribution in [3.63, 3.8) is 0 Å². The van der Waals surface area contributed by atoms with Crippen LogP contribution in [-0.4, -0.2) is 41.9 Å². The van der Waals surface area contributed by atoms with E-state index in [1.807, 2.05) is 33.0 Å². The molecule has 0 saturated carbocycles. The standard InChI is InChI=1S/C8H17N3S/c1-6-7(2)9-11(5)8(12)10(3)4/h6H2,1-5H3/b9-7+. The molecule has 0 aromatic heterocycles. The lowest BCUT2D eigenvalue weighted by atomic mass is 10.3. The van der Waals surface area contributed by atoms with E-state index in [9.17, 15) is 0 Å². The summed E-state index contributed by atoms with van der Waals surface area (Å²) in [7, 11) is 5.69. The van der Waals surface area contributed by atoms with E-state index in [0.717, 1.165) is 17.2 Å². The molecule has 0 aliphatic rings. The van der Waals surface area contributed by atoms with Gasteiger partial charge in [0.2, 0.25) is 0 Å². The average Bonchev–Trinajstić information content (AvgIpc) is 2.02. The fourth-order valence-electron chi connectivity index (χ4n) is 0.659.